The summed E-state index contributed by atoms with van der Waals surface area (Å²) < 4.78 is 5.70. The van der Waals surface area contributed by atoms with Crippen LogP contribution in [0.5, 0.6) is 5.75 Å². The second kappa shape index (κ2) is 5.36. The molecular formula is C15H17N3O. The van der Waals surface area contributed by atoms with E-state index in [1.54, 1.807) is 0 Å². The standard InChI is InChI=1S/C15H17N3O/c1-11-13-9-16-8-7-14(13)18-15(17-11)10-19-12-5-3-2-4-6-12/h2-6,16H,7-10H2,1H3. The Morgan fingerprint density at radius 2 is 2.05 bits per heavy atom. The quantitative estimate of drug-likeness (QED) is 0.911. The van der Waals surface area contributed by atoms with Crippen LogP contribution in [0.3, 0.4) is 0 Å². The molecule has 2 aromatic rings. The normalized spacial score (nSPS) is 13.9. The molecule has 3 rings (SSSR count). The molecule has 2 heterocycles. The van der Waals surface area contributed by atoms with E-state index in [4.69, 9.17) is 4.74 Å². The lowest BCUT2D eigenvalue weighted by Crippen LogP contribution is -2.26. The maximum Gasteiger partial charge on any atom is 0.166 e. The van der Waals surface area contributed by atoms with E-state index in [1.165, 1.54) is 5.56 Å². The number of hydrogen-bond donors (Lipinski definition) is 1. The third-order valence-electron chi connectivity index (χ3n) is 3.30. The molecule has 0 saturated heterocycles. The fourth-order valence-corrected chi connectivity index (χ4v) is 2.30. The van der Waals surface area contributed by atoms with Crippen molar-refractivity contribution in [2.45, 2.75) is 26.5 Å². The Hall–Kier alpha value is -1.94. The average Bonchev–Trinajstić information content (AvgIpc) is 2.46. The van der Waals surface area contributed by atoms with Crippen LogP contribution in [0.4, 0.5) is 0 Å². The zero-order valence-corrected chi connectivity index (χ0v) is 11.0. The molecular weight excluding hydrogens is 238 g/mol. The molecule has 98 valence electrons. The first kappa shape index (κ1) is 12.1. The van der Waals surface area contributed by atoms with Crippen molar-refractivity contribution in [1.29, 1.82) is 0 Å². The molecule has 0 bridgehead atoms. The number of benzene rings is 1. The third-order valence-corrected chi connectivity index (χ3v) is 3.30. The lowest BCUT2D eigenvalue weighted by atomic mass is 10.1. The molecule has 0 unspecified atom stereocenters. The van der Waals surface area contributed by atoms with Gasteiger partial charge in [0.25, 0.3) is 0 Å². The highest BCUT2D eigenvalue weighted by molar-refractivity contribution is 5.27. The van der Waals surface area contributed by atoms with Crippen LogP contribution in [0.15, 0.2) is 30.3 Å². The van der Waals surface area contributed by atoms with Gasteiger partial charge in [-0.05, 0) is 19.1 Å². The van der Waals surface area contributed by atoms with Gasteiger partial charge >= 0.3 is 0 Å². The fourth-order valence-electron chi connectivity index (χ4n) is 2.30. The summed E-state index contributed by atoms with van der Waals surface area (Å²) in [6.07, 6.45) is 0.969. The molecule has 4 nitrogen and oxygen atoms in total. The van der Waals surface area contributed by atoms with Crippen molar-refractivity contribution in [3.8, 4) is 5.75 Å². The van der Waals surface area contributed by atoms with E-state index in [9.17, 15) is 0 Å². The second-order valence-electron chi connectivity index (χ2n) is 4.68. The molecule has 19 heavy (non-hydrogen) atoms. The summed E-state index contributed by atoms with van der Waals surface area (Å²) >= 11 is 0. The molecule has 0 spiro atoms. The highest BCUT2D eigenvalue weighted by Gasteiger charge is 2.15. The van der Waals surface area contributed by atoms with E-state index in [0.29, 0.717) is 6.61 Å². The summed E-state index contributed by atoms with van der Waals surface area (Å²) in [5.74, 6) is 1.62. The van der Waals surface area contributed by atoms with E-state index in [1.807, 2.05) is 37.3 Å². The Labute approximate surface area is 112 Å². The molecule has 0 amide bonds. The Balaban J connectivity index is 1.76. The largest absolute Gasteiger partial charge is 0.486 e. The Kier molecular flexibility index (Phi) is 3.42. The molecule has 1 aromatic heterocycles. The van der Waals surface area contributed by atoms with Gasteiger partial charge in [-0.15, -0.1) is 0 Å². The first-order valence-corrected chi connectivity index (χ1v) is 6.57. The number of hydrogen-bond acceptors (Lipinski definition) is 4. The van der Waals surface area contributed by atoms with Crippen LogP contribution in [-0.2, 0) is 19.6 Å². The van der Waals surface area contributed by atoms with Crippen molar-refractivity contribution in [3.05, 3.63) is 53.1 Å². The van der Waals surface area contributed by atoms with Gasteiger partial charge in [-0.1, -0.05) is 18.2 Å². The van der Waals surface area contributed by atoms with Gasteiger partial charge in [0.2, 0.25) is 0 Å². The van der Waals surface area contributed by atoms with E-state index in [2.05, 4.69) is 15.3 Å². The van der Waals surface area contributed by atoms with Crippen LogP contribution in [-0.4, -0.2) is 16.5 Å². The third kappa shape index (κ3) is 2.74. The van der Waals surface area contributed by atoms with Crippen molar-refractivity contribution in [1.82, 2.24) is 15.3 Å². The Bertz CT molecular complexity index is 569. The number of rotatable bonds is 3. The molecule has 0 aliphatic carbocycles. The minimum absolute atomic E-state index is 0.422. The van der Waals surface area contributed by atoms with Gasteiger partial charge in [0, 0.05) is 30.8 Å². The van der Waals surface area contributed by atoms with E-state index < -0.39 is 0 Å². The van der Waals surface area contributed by atoms with Gasteiger partial charge in [0.05, 0.1) is 5.69 Å². The van der Waals surface area contributed by atoms with Gasteiger partial charge < -0.3 is 10.1 Å². The number of aromatic nitrogens is 2. The number of ether oxygens (including phenoxy) is 1. The Morgan fingerprint density at radius 3 is 2.89 bits per heavy atom. The molecule has 1 N–H and O–H groups in total. The maximum absolute atomic E-state index is 5.70. The predicted octanol–water partition coefficient (Wildman–Crippen LogP) is 2.01. The highest BCUT2D eigenvalue weighted by atomic mass is 16.5. The van der Waals surface area contributed by atoms with Crippen LogP contribution >= 0.6 is 0 Å². The summed E-state index contributed by atoms with van der Waals surface area (Å²) in [6.45, 7) is 4.33. The monoisotopic (exact) mass is 255 g/mol. The summed E-state index contributed by atoms with van der Waals surface area (Å²) in [5.41, 5.74) is 3.47. The molecule has 4 heteroatoms. The number of para-hydroxylation sites is 1. The fraction of sp³-hybridized carbons (Fsp3) is 0.333. The van der Waals surface area contributed by atoms with Gasteiger partial charge in [-0.2, -0.15) is 0 Å². The zero-order chi connectivity index (χ0) is 13.1. The van der Waals surface area contributed by atoms with Gasteiger partial charge in [-0.25, -0.2) is 9.97 Å². The first-order valence-electron chi connectivity index (χ1n) is 6.57. The van der Waals surface area contributed by atoms with E-state index in [-0.39, 0.29) is 0 Å². The van der Waals surface area contributed by atoms with Crippen LogP contribution in [0.1, 0.15) is 22.8 Å². The van der Waals surface area contributed by atoms with Gasteiger partial charge in [0.1, 0.15) is 12.4 Å². The molecule has 0 saturated carbocycles. The molecule has 1 aliphatic heterocycles. The molecule has 0 radical (unpaired) electrons. The minimum atomic E-state index is 0.422. The topological polar surface area (TPSA) is 47.0 Å². The van der Waals surface area contributed by atoms with Crippen LogP contribution in [0, 0.1) is 6.92 Å². The zero-order valence-electron chi connectivity index (χ0n) is 11.0. The number of nitrogens with zero attached hydrogens (tertiary/aromatic N) is 2. The summed E-state index contributed by atoms with van der Waals surface area (Å²) in [5, 5.41) is 3.35. The van der Waals surface area contributed by atoms with E-state index in [0.717, 1.165) is 42.5 Å². The summed E-state index contributed by atoms with van der Waals surface area (Å²) in [6, 6.07) is 9.77. The van der Waals surface area contributed by atoms with Crippen LogP contribution in [0.25, 0.3) is 0 Å². The van der Waals surface area contributed by atoms with Gasteiger partial charge in [-0.3, -0.25) is 0 Å². The van der Waals surface area contributed by atoms with Crippen molar-refractivity contribution in [2.75, 3.05) is 6.54 Å². The second-order valence-corrected chi connectivity index (χ2v) is 4.68. The highest BCUT2D eigenvalue weighted by Crippen LogP contribution is 2.16. The Morgan fingerprint density at radius 1 is 1.21 bits per heavy atom. The SMILES string of the molecule is Cc1nc(COc2ccccc2)nc2c1CNCC2. The lowest BCUT2D eigenvalue weighted by molar-refractivity contribution is 0.294. The smallest absolute Gasteiger partial charge is 0.166 e. The maximum atomic E-state index is 5.70. The summed E-state index contributed by atoms with van der Waals surface area (Å²) in [7, 11) is 0. The lowest BCUT2D eigenvalue weighted by Gasteiger charge is -2.18. The van der Waals surface area contributed by atoms with Crippen molar-refractivity contribution in [3.63, 3.8) is 0 Å². The average molecular weight is 255 g/mol. The van der Waals surface area contributed by atoms with Crippen molar-refractivity contribution in [2.24, 2.45) is 0 Å². The van der Waals surface area contributed by atoms with Crippen LogP contribution < -0.4 is 10.1 Å². The molecule has 1 aliphatic rings. The molecule has 1 aromatic carbocycles. The van der Waals surface area contributed by atoms with Crippen LogP contribution in [0.2, 0.25) is 0 Å². The number of fused-ring (bicyclic) bond motifs is 1. The van der Waals surface area contributed by atoms with Gasteiger partial charge in [0.15, 0.2) is 5.82 Å². The minimum Gasteiger partial charge on any atom is -0.486 e. The predicted molar refractivity (Wildman–Crippen MR) is 73.0 cm³/mol. The summed E-state index contributed by atoms with van der Waals surface area (Å²) in [4.78, 5) is 9.14. The molecule has 0 atom stereocenters. The van der Waals surface area contributed by atoms with Crippen molar-refractivity contribution >= 4 is 0 Å². The van der Waals surface area contributed by atoms with E-state index >= 15 is 0 Å². The first-order chi connectivity index (χ1) is 9.33. The number of aryl methyl sites for hydroxylation is 1. The number of nitrogens with one attached hydrogen (secondary N) is 1. The molecule has 0 fully saturated rings. The van der Waals surface area contributed by atoms with Crippen molar-refractivity contribution < 1.29 is 4.74 Å².